The van der Waals surface area contributed by atoms with Crippen LogP contribution in [0.4, 0.5) is 13.2 Å². The van der Waals surface area contributed by atoms with Gasteiger partial charge in [0.1, 0.15) is 5.75 Å². The third-order valence-corrected chi connectivity index (χ3v) is 11.2. The van der Waals surface area contributed by atoms with Crippen LogP contribution in [-0.4, -0.2) is 51.9 Å². The van der Waals surface area contributed by atoms with Gasteiger partial charge in [-0.3, -0.25) is 0 Å². The first-order chi connectivity index (χ1) is 19.0. The van der Waals surface area contributed by atoms with Gasteiger partial charge in [0.15, 0.2) is 11.6 Å². The summed E-state index contributed by atoms with van der Waals surface area (Å²) in [5, 5.41) is 0. The molecule has 0 aromatic heterocycles. The molecule has 2 saturated heterocycles. The van der Waals surface area contributed by atoms with E-state index in [0.717, 1.165) is 49.7 Å². The van der Waals surface area contributed by atoms with Crippen LogP contribution < -0.4 is 4.18 Å². The first-order valence-electron chi connectivity index (χ1n) is 14.0. The van der Waals surface area contributed by atoms with E-state index >= 15 is 0 Å². The maximum Gasteiger partial charge on any atom is 0.534 e. The molecule has 4 fully saturated rings. The van der Waals surface area contributed by atoms with E-state index in [2.05, 4.69) is 17.2 Å². The van der Waals surface area contributed by atoms with Crippen molar-refractivity contribution in [2.24, 2.45) is 23.2 Å². The molecule has 11 heteroatoms. The minimum atomic E-state index is -5.75. The lowest BCUT2D eigenvalue weighted by Gasteiger charge is -2.53. The Morgan fingerprint density at radius 2 is 1.60 bits per heavy atom. The molecule has 218 valence electrons. The summed E-state index contributed by atoms with van der Waals surface area (Å²) in [6, 6.07) is 5.96. The molecule has 0 amide bonds. The molecule has 6 aliphatic rings. The number of benzene rings is 1. The van der Waals surface area contributed by atoms with Crippen molar-refractivity contribution in [1.82, 2.24) is 0 Å². The van der Waals surface area contributed by atoms with Crippen LogP contribution in [0.25, 0.3) is 5.57 Å². The number of alkyl halides is 3. The second kappa shape index (κ2) is 9.04. The van der Waals surface area contributed by atoms with E-state index in [1.165, 1.54) is 23.3 Å². The van der Waals surface area contributed by atoms with Crippen molar-refractivity contribution in [2.75, 3.05) is 26.4 Å². The van der Waals surface area contributed by atoms with E-state index in [4.69, 9.17) is 18.9 Å². The highest BCUT2D eigenvalue weighted by atomic mass is 32.2. The van der Waals surface area contributed by atoms with Gasteiger partial charge in [0, 0.05) is 30.6 Å². The van der Waals surface area contributed by atoms with Gasteiger partial charge in [-0.15, -0.1) is 0 Å². The molecule has 2 saturated carbocycles. The van der Waals surface area contributed by atoms with Gasteiger partial charge in [-0.2, -0.15) is 21.6 Å². The first-order valence-corrected chi connectivity index (χ1v) is 15.5. The Balaban J connectivity index is 1.29. The predicted octanol–water partition coefficient (Wildman–Crippen LogP) is 5.72. The molecule has 0 bridgehead atoms. The van der Waals surface area contributed by atoms with Gasteiger partial charge >= 0.3 is 15.6 Å². The van der Waals surface area contributed by atoms with Crippen LogP contribution >= 0.6 is 0 Å². The van der Waals surface area contributed by atoms with Crippen molar-refractivity contribution >= 4 is 15.7 Å². The Morgan fingerprint density at radius 3 is 2.27 bits per heavy atom. The summed E-state index contributed by atoms with van der Waals surface area (Å²) in [5.74, 6) is -0.662. The molecule has 1 aromatic carbocycles. The van der Waals surface area contributed by atoms with Crippen molar-refractivity contribution < 1.29 is 44.7 Å². The highest BCUT2D eigenvalue weighted by Crippen LogP contribution is 2.67. The number of fused-ring (bicyclic) bond motifs is 6. The fourth-order valence-electron chi connectivity index (χ4n) is 8.56. The van der Waals surface area contributed by atoms with Gasteiger partial charge in [-0.25, -0.2) is 0 Å². The van der Waals surface area contributed by atoms with Crippen molar-refractivity contribution in [3.63, 3.8) is 0 Å². The molecular weight excluding hydrogens is 549 g/mol. The molecule has 0 radical (unpaired) electrons. The van der Waals surface area contributed by atoms with Crippen molar-refractivity contribution in [3.05, 3.63) is 47.1 Å². The number of allylic oxidation sites excluding steroid dienone is 3. The molecule has 4 aliphatic carbocycles. The normalized spacial score (nSPS) is 34.5. The first kappa shape index (κ1) is 26.9. The average Bonchev–Trinajstić information content (AvgIpc) is 3.64. The highest BCUT2D eigenvalue weighted by Gasteiger charge is 2.65. The van der Waals surface area contributed by atoms with E-state index in [1.807, 2.05) is 0 Å². The quantitative estimate of drug-likeness (QED) is 0.256. The molecule has 0 unspecified atom stereocenters. The summed E-state index contributed by atoms with van der Waals surface area (Å²) in [4.78, 5) is 0. The van der Waals surface area contributed by atoms with E-state index in [0.29, 0.717) is 38.8 Å². The monoisotopic (exact) mass is 582 g/mol. The zero-order chi connectivity index (χ0) is 28.0. The van der Waals surface area contributed by atoms with Gasteiger partial charge in [0.25, 0.3) is 0 Å². The van der Waals surface area contributed by atoms with E-state index in [-0.39, 0.29) is 23.0 Å². The lowest BCUT2D eigenvalue weighted by atomic mass is 9.54. The van der Waals surface area contributed by atoms with Gasteiger partial charge in [0.2, 0.25) is 0 Å². The summed E-state index contributed by atoms with van der Waals surface area (Å²) in [6.45, 7) is 4.60. The minimum absolute atomic E-state index is 0.236. The van der Waals surface area contributed by atoms with E-state index < -0.39 is 27.2 Å². The van der Waals surface area contributed by atoms with Crippen molar-refractivity contribution in [2.45, 2.75) is 69.0 Å². The van der Waals surface area contributed by atoms with Crippen LogP contribution in [0.1, 0.15) is 57.4 Å². The Morgan fingerprint density at radius 1 is 0.925 bits per heavy atom. The SMILES string of the molecule is C[C@]12CC(c3ccc(OS(=O)(=O)C(F)(F)F)cc3)=C3[C@H]4CCC5(CC4=CC[C@H]3[C@@H]1CCC21OCCO1)OCCO5. The van der Waals surface area contributed by atoms with Gasteiger partial charge in [-0.05, 0) is 60.8 Å². The minimum Gasteiger partial charge on any atom is -0.376 e. The van der Waals surface area contributed by atoms with Gasteiger partial charge < -0.3 is 23.1 Å². The van der Waals surface area contributed by atoms with Crippen molar-refractivity contribution in [3.8, 4) is 5.75 Å². The van der Waals surface area contributed by atoms with Crippen LogP contribution in [0.3, 0.4) is 0 Å². The van der Waals surface area contributed by atoms with Crippen LogP contribution in [0.5, 0.6) is 5.75 Å². The van der Waals surface area contributed by atoms with Crippen molar-refractivity contribution in [1.29, 1.82) is 0 Å². The highest BCUT2D eigenvalue weighted by molar-refractivity contribution is 7.88. The lowest BCUT2D eigenvalue weighted by molar-refractivity contribution is -0.226. The zero-order valence-electron chi connectivity index (χ0n) is 22.3. The molecule has 2 spiro atoms. The fourth-order valence-corrected chi connectivity index (χ4v) is 9.02. The molecule has 0 N–H and O–H groups in total. The smallest absolute Gasteiger partial charge is 0.376 e. The molecule has 2 aliphatic heterocycles. The maximum atomic E-state index is 12.9. The second-order valence-electron chi connectivity index (χ2n) is 12.1. The molecule has 7 nitrogen and oxygen atoms in total. The number of halogens is 3. The number of ether oxygens (including phenoxy) is 4. The number of hydrogen-bond acceptors (Lipinski definition) is 7. The lowest BCUT2D eigenvalue weighted by Crippen LogP contribution is -2.51. The van der Waals surface area contributed by atoms with E-state index in [9.17, 15) is 21.6 Å². The predicted molar refractivity (Wildman–Crippen MR) is 137 cm³/mol. The average molecular weight is 583 g/mol. The molecular formula is C29H33F3O7S. The fraction of sp³-hybridized carbons (Fsp3) is 0.655. The van der Waals surface area contributed by atoms with Crippen LogP contribution in [0.15, 0.2) is 41.5 Å². The third kappa shape index (κ3) is 3.95. The molecule has 4 atom stereocenters. The summed E-state index contributed by atoms with van der Waals surface area (Å²) in [5.41, 5.74) is -1.05. The molecule has 7 rings (SSSR count). The molecule has 40 heavy (non-hydrogen) atoms. The summed E-state index contributed by atoms with van der Waals surface area (Å²) in [7, 11) is -5.75. The standard InChI is InChI=1S/C29H33F3O7S/c1-26-17-23(18-2-5-20(6-3-18)39-40(33,34)29(30,31)32)25-21-8-10-27(35-12-13-36-27)16-19(21)4-7-22(25)24(26)9-11-28(26)37-14-15-38-28/h2-6,21-22,24H,7-17H2,1H3/t21-,22-,24-,26-/m0/s1. The molecule has 1 aromatic rings. The Bertz CT molecular complexity index is 1350. The maximum absolute atomic E-state index is 12.9. The largest absolute Gasteiger partial charge is 0.534 e. The zero-order valence-corrected chi connectivity index (χ0v) is 23.1. The van der Waals surface area contributed by atoms with Crippen LogP contribution in [0, 0.1) is 23.2 Å². The Labute approximate surface area is 231 Å². The topological polar surface area (TPSA) is 80.3 Å². The Hall–Kier alpha value is -1.92. The third-order valence-electron chi connectivity index (χ3n) is 10.3. The van der Waals surface area contributed by atoms with E-state index in [1.54, 1.807) is 12.1 Å². The van der Waals surface area contributed by atoms with Gasteiger partial charge in [0.05, 0.1) is 26.4 Å². The van der Waals surface area contributed by atoms with Crippen LogP contribution in [0.2, 0.25) is 0 Å². The summed E-state index contributed by atoms with van der Waals surface area (Å²) >= 11 is 0. The Kier molecular flexibility index (Phi) is 6.09. The number of rotatable bonds is 3. The molecule has 2 heterocycles. The summed E-state index contributed by atoms with van der Waals surface area (Å²) in [6.07, 6.45) is 8.25. The second-order valence-corrected chi connectivity index (χ2v) is 13.7. The number of hydrogen-bond donors (Lipinski definition) is 0. The summed E-state index contributed by atoms with van der Waals surface area (Å²) < 4.78 is 90.9. The van der Waals surface area contributed by atoms with Gasteiger partial charge in [-0.1, -0.05) is 36.3 Å². The van der Waals surface area contributed by atoms with Crippen LogP contribution in [-0.2, 0) is 29.1 Å².